The van der Waals surface area contributed by atoms with Crippen LogP contribution in [-0.2, 0) is 9.59 Å². The van der Waals surface area contributed by atoms with E-state index in [2.05, 4.69) is 15.6 Å². The van der Waals surface area contributed by atoms with Crippen LogP contribution in [0, 0.1) is 0 Å². The number of pyridine rings is 1. The maximum atomic E-state index is 10.8. The highest BCUT2D eigenvalue weighted by Crippen LogP contribution is 2.23. The lowest BCUT2D eigenvalue weighted by Gasteiger charge is -2.12. The molecule has 210 valence electrons. The van der Waals surface area contributed by atoms with Crippen LogP contribution in [0.4, 0.5) is 11.4 Å². The lowest BCUT2D eigenvalue weighted by molar-refractivity contribution is -0.138. The first-order valence-corrected chi connectivity index (χ1v) is 12.7. The van der Waals surface area contributed by atoms with Crippen LogP contribution < -0.4 is 10.6 Å². The van der Waals surface area contributed by atoms with Crippen molar-refractivity contribution >= 4 is 50.8 Å². The number of aromatic carboxylic acids is 1. The van der Waals surface area contributed by atoms with Gasteiger partial charge in [0.1, 0.15) is 12.1 Å². The fraction of sp³-hybridized carbons (Fsp3) is 0.125. The van der Waals surface area contributed by atoms with Crippen molar-refractivity contribution in [2.45, 2.75) is 25.9 Å². The molecule has 9 heteroatoms. The van der Waals surface area contributed by atoms with Crippen LogP contribution in [0.2, 0.25) is 0 Å². The van der Waals surface area contributed by atoms with Gasteiger partial charge in [-0.3, -0.25) is 14.6 Å². The summed E-state index contributed by atoms with van der Waals surface area (Å²) in [5.74, 6) is -2.65. The number of carboxylic acid groups (broad SMARTS) is 3. The Morgan fingerprint density at radius 1 is 0.659 bits per heavy atom. The number of aliphatic carboxylic acids is 2. The summed E-state index contributed by atoms with van der Waals surface area (Å²) in [6, 6.07) is 29.4. The Balaban J connectivity index is 0.000000176. The van der Waals surface area contributed by atoms with Gasteiger partial charge in [0.05, 0.1) is 5.56 Å². The van der Waals surface area contributed by atoms with E-state index in [1.54, 1.807) is 19.9 Å². The predicted molar refractivity (Wildman–Crippen MR) is 161 cm³/mol. The van der Waals surface area contributed by atoms with Gasteiger partial charge in [0, 0.05) is 29.2 Å². The predicted octanol–water partition coefficient (Wildman–Crippen LogP) is 6.23. The molecule has 0 spiro atoms. The largest absolute Gasteiger partial charge is 0.480 e. The maximum absolute atomic E-state index is 10.8. The molecule has 1 heterocycles. The summed E-state index contributed by atoms with van der Waals surface area (Å²) in [6.07, 6.45) is 2.84. The van der Waals surface area contributed by atoms with Crippen LogP contribution >= 0.6 is 0 Å². The monoisotopic (exact) mass is 553 g/mol. The van der Waals surface area contributed by atoms with Crippen molar-refractivity contribution < 1.29 is 29.7 Å². The topological polar surface area (TPSA) is 149 Å². The quantitative estimate of drug-likeness (QED) is 0.158. The standard InChI is InChI=1S/2C13H13NO2.C6H5NO2/c1-9(13(15)16)14-12-8-4-6-10-5-2-3-7-11(10)12;1-9(13(15)16)14-12-7-6-10-4-2-3-5-11(10)8-12;8-6(9)5-2-1-3-7-4-5/h2*2-9,14H,1H3,(H,15,16);1-4H,(H,8,9)/t2*9-;/m00./s1. The number of aromatic nitrogens is 1. The molecule has 0 radical (unpaired) electrons. The summed E-state index contributed by atoms with van der Waals surface area (Å²) in [4.78, 5) is 35.3. The number of benzene rings is 4. The highest BCUT2D eigenvalue weighted by molar-refractivity contribution is 5.95. The van der Waals surface area contributed by atoms with Gasteiger partial charge in [-0.05, 0) is 60.3 Å². The van der Waals surface area contributed by atoms with Crippen LogP contribution in [0.5, 0.6) is 0 Å². The van der Waals surface area contributed by atoms with Gasteiger partial charge in [0.15, 0.2) is 0 Å². The zero-order valence-electron chi connectivity index (χ0n) is 22.6. The summed E-state index contributed by atoms with van der Waals surface area (Å²) in [5.41, 5.74) is 1.90. The second-order valence-electron chi connectivity index (χ2n) is 9.04. The molecular formula is C32H31N3O6. The smallest absolute Gasteiger partial charge is 0.337 e. The molecule has 2 atom stereocenters. The van der Waals surface area contributed by atoms with Crippen molar-refractivity contribution in [2.75, 3.05) is 10.6 Å². The minimum absolute atomic E-state index is 0.220. The normalized spacial score (nSPS) is 11.6. The number of anilines is 2. The van der Waals surface area contributed by atoms with Crippen LogP contribution in [0.3, 0.4) is 0 Å². The van der Waals surface area contributed by atoms with Gasteiger partial charge in [-0.15, -0.1) is 0 Å². The van der Waals surface area contributed by atoms with E-state index in [1.807, 2.05) is 84.9 Å². The van der Waals surface area contributed by atoms with Gasteiger partial charge < -0.3 is 26.0 Å². The number of hydrogen-bond donors (Lipinski definition) is 5. The molecule has 0 aliphatic heterocycles. The summed E-state index contributed by atoms with van der Waals surface area (Å²) < 4.78 is 0. The van der Waals surface area contributed by atoms with Crippen LogP contribution in [0.15, 0.2) is 109 Å². The highest BCUT2D eigenvalue weighted by Gasteiger charge is 2.11. The molecular weight excluding hydrogens is 522 g/mol. The van der Waals surface area contributed by atoms with Crippen molar-refractivity contribution in [1.82, 2.24) is 4.98 Å². The van der Waals surface area contributed by atoms with E-state index in [0.717, 1.165) is 32.9 Å². The minimum atomic E-state index is -0.942. The Morgan fingerprint density at radius 2 is 1.27 bits per heavy atom. The van der Waals surface area contributed by atoms with E-state index in [4.69, 9.17) is 15.3 Å². The van der Waals surface area contributed by atoms with Crippen molar-refractivity contribution in [2.24, 2.45) is 0 Å². The zero-order chi connectivity index (χ0) is 29.8. The fourth-order valence-electron chi connectivity index (χ4n) is 3.73. The number of hydrogen-bond acceptors (Lipinski definition) is 6. The first kappa shape index (κ1) is 30.1. The summed E-state index contributed by atoms with van der Waals surface area (Å²) in [7, 11) is 0. The molecule has 5 N–H and O–H groups in total. The molecule has 5 rings (SSSR count). The van der Waals surface area contributed by atoms with Crippen LogP contribution in [-0.4, -0.2) is 50.3 Å². The van der Waals surface area contributed by atoms with Gasteiger partial charge >= 0.3 is 17.9 Å². The lowest BCUT2D eigenvalue weighted by Crippen LogP contribution is -2.25. The Morgan fingerprint density at radius 3 is 1.88 bits per heavy atom. The molecule has 0 saturated heterocycles. The average Bonchev–Trinajstić information content (AvgIpc) is 2.98. The Labute approximate surface area is 237 Å². The number of rotatable bonds is 7. The first-order chi connectivity index (χ1) is 19.7. The SMILES string of the molecule is C[C@H](Nc1ccc2ccccc2c1)C(=O)O.C[C@H](Nc1cccc2ccccc12)C(=O)O.O=C(O)c1cccnc1. The van der Waals surface area contributed by atoms with Gasteiger partial charge in [-0.25, -0.2) is 4.79 Å². The number of carboxylic acids is 3. The molecule has 0 unspecified atom stereocenters. The third-order valence-corrected chi connectivity index (χ3v) is 5.94. The molecule has 0 aliphatic rings. The molecule has 0 aliphatic carbocycles. The van der Waals surface area contributed by atoms with Crippen molar-refractivity contribution in [3.8, 4) is 0 Å². The van der Waals surface area contributed by atoms with Crippen molar-refractivity contribution in [3.63, 3.8) is 0 Å². The number of fused-ring (bicyclic) bond motifs is 2. The molecule has 4 aromatic carbocycles. The van der Waals surface area contributed by atoms with Crippen LogP contribution in [0.1, 0.15) is 24.2 Å². The molecule has 0 saturated carbocycles. The Kier molecular flexibility index (Phi) is 10.8. The third-order valence-electron chi connectivity index (χ3n) is 5.94. The second kappa shape index (κ2) is 14.6. The van der Waals surface area contributed by atoms with E-state index in [0.29, 0.717) is 0 Å². The summed E-state index contributed by atoms with van der Waals surface area (Å²) in [5, 5.41) is 36.3. The highest BCUT2D eigenvalue weighted by atomic mass is 16.4. The first-order valence-electron chi connectivity index (χ1n) is 12.7. The van der Waals surface area contributed by atoms with E-state index < -0.39 is 30.0 Å². The van der Waals surface area contributed by atoms with Gasteiger partial charge in [-0.2, -0.15) is 0 Å². The third kappa shape index (κ3) is 9.07. The molecule has 41 heavy (non-hydrogen) atoms. The van der Waals surface area contributed by atoms with E-state index >= 15 is 0 Å². The van der Waals surface area contributed by atoms with E-state index in [1.165, 1.54) is 18.5 Å². The lowest BCUT2D eigenvalue weighted by atomic mass is 10.1. The minimum Gasteiger partial charge on any atom is -0.480 e. The second-order valence-corrected chi connectivity index (χ2v) is 9.04. The van der Waals surface area contributed by atoms with Gasteiger partial charge in [0.2, 0.25) is 0 Å². The van der Waals surface area contributed by atoms with E-state index in [-0.39, 0.29) is 5.56 Å². The molecule has 1 aromatic heterocycles. The number of nitrogens with one attached hydrogen (secondary N) is 2. The summed E-state index contributed by atoms with van der Waals surface area (Å²) >= 11 is 0. The molecule has 9 nitrogen and oxygen atoms in total. The van der Waals surface area contributed by atoms with E-state index in [9.17, 15) is 14.4 Å². The van der Waals surface area contributed by atoms with Gasteiger partial charge in [-0.1, -0.05) is 66.7 Å². The fourth-order valence-corrected chi connectivity index (χ4v) is 3.73. The molecule has 0 amide bonds. The van der Waals surface area contributed by atoms with Crippen molar-refractivity contribution in [3.05, 3.63) is 115 Å². The number of carbonyl (C=O) groups is 3. The van der Waals surface area contributed by atoms with Gasteiger partial charge in [0.25, 0.3) is 0 Å². The van der Waals surface area contributed by atoms with Crippen molar-refractivity contribution in [1.29, 1.82) is 0 Å². The maximum Gasteiger partial charge on any atom is 0.337 e. The molecule has 0 fully saturated rings. The zero-order valence-corrected chi connectivity index (χ0v) is 22.6. The number of nitrogens with zero attached hydrogens (tertiary/aromatic N) is 1. The van der Waals surface area contributed by atoms with Crippen LogP contribution in [0.25, 0.3) is 21.5 Å². The summed E-state index contributed by atoms with van der Waals surface area (Å²) in [6.45, 7) is 3.25. The Hall–Kier alpha value is -5.44. The molecule has 0 bridgehead atoms. The average molecular weight is 554 g/mol. The molecule has 5 aromatic rings. The Bertz CT molecular complexity index is 1610.